The number of hydrogen-bond donors (Lipinski definition) is 1. The summed E-state index contributed by atoms with van der Waals surface area (Å²) >= 11 is 0. The maximum absolute atomic E-state index is 12.2. The van der Waals surface area contributed by atoms with Crippen molar-refractivity contribution in [1.29, 1.82) is 0 Å². The number of Topliss-reactive ketones (excluding diaryl/α,β-unsaturated/α-hetero) is 1. The van der Waals surface area contributed by atoms with Gasteiger partial charge in [0, 0.05) is 5.56 Å². The molecule has 0 saturated carbocycles. The lowest BCUT2D eigenvalue weighted by Crippen LogP contribution is -2.49. The Balaban J connectivity index is 2.04. The van der Waals surface area contributed by atoms with Crippen LogP contribution in [0.3, 0.4) is 0 Å². The van der Waals surface area contributed by atoms with Gasteiger partial charge in [-0.25, -0.2) is 0 Å². The highest BCUT2D eigenvalue weighted by Gasteiger charge is 2.28. The quantitative estimate of drug-likeness (QED) is 0.835. The maximum atomic E-state index is 12.2. The van der Waals surface area contributed by atoms with Gasteiger partial charge in [-0.15, -0.1) is 0 Å². The number of benzene rings is 1. The summed E-state index contributed by atoms with van der Waals surface area (Å²) in [5.41, 5.74) is 7.22. The SMILES string of the molecule is Cc1ccc(C(=O)CN2CCCCC2C(N)=O)cc1. The molecule has 1 aliphatic rings. The van der Waals surface area contributed by atoms with Gasteiger partial charge in [0.1, 0.15) is 0 Å². The zero-order chi connectivity index (χ0) is 13.8. The van der Waals surface area contributed by atoms with E-state index in [1.165, 1.54) is 0 Å². The van der Waals surface area contributed by atoms with Gasteiger partial charge >= 0.3 is 0 Å². The lowest BCUT2D eigenvalue weighted by molar-refractivity contribution is -0.124. The van der Waals surface area contributed by atoms with Gasteiger partial charge in [-0.1, -0.05) is 36.2 Å². The summed E-state index contributed by atoms with van der Waals surface area (Å²) in [6.07, 6.45) is 2.78. The molecule has 102 valence electrons. The summed E-state index contributed by atoms with van der Waals surface area (Å²) in [6, 6.07) is 7.23. The lowest BCUT2D eigenvalue weighted by atomic mass is 10.00. The molecule has 1 atom stereocenters. The molecule has 1 saturated heterocycles. The summed E-state index contributed by atoms with van der Waals surface area (Å²) in [5, 5.41) is 0. The molecular weight excluding hydrogens is 240 g/mol. The molecule has 1 aliphatic heterocycles. The standard InChI is InChI=1S/C15H20N2O2/c1-11-5-7-12(8-6-11)14(18)10-17-9-3-2-4-13(17)15(16)19/h5-8,13H,2-4,9-10H2,1H3,(H2,16,19). The van der Waals surface area contributed by atoms with Crippen LogP contribution in [0.15, 0.2) is 24.3 Å². The Bertz CT molecular complexity index is 468. The molecule has 4 nitrogen and oxygen atoms in total. The van der Waals surface area contributed by atoms with Gasteiger partial charge in [-0.3, -0.25) is 14.5 Å². The summed E-state index contributed by atoms with van der Waals surface area (Å²) < 4.78 is 0. The Hall–Kier alpha value is -1.68. The second-order valence-electron chi connectivity index (χ2n) is 5.17. The Morgan fingerprint density at radius 2 is 1.95 bits per heavy atom. The van der Waals surface area contributed by atoms with Gasteiger partial charge in [0.25, 0.3) is 0 Å². The van der Waals surface area contributed by atoms with E-state index in [0.29, 0.717) is 5.56 Å². The van der Waals surface area contributed by atoms with Crippen LogP contribution in [0.25, 0.3) is 0 Å². The number of carbonyl (C=O) groups is 2. The highest BCUT2D eigenvalue weighted by molar-refractivity contribution is 5.98. The fourth-order valence-corrected chi connectivity index (χ4v) is 2.52. The van der Waals surface area contributed by atoms with E-state index < -0.39 is 0 Å². The average Bonchev–Trinajstić information content (AvgIpc) is 2.39. The van der Waals surface area contributed by atoms with Crippen LogP contribution in [0.4, 0.5) is 0 Å². The summed E-state index contributed by atoms with van der Waals surface area (Å²) in [4.78, 5) is 25.5. The molecule has 0 radical (unpaired) electrons. The summed E-state index contributed by atoms with van der Waals surface area (Å²) in [6.45, 7) is 3.03. The minimum Gasteiger partial charge on any atom is -0.368 e. The first-order valence-corrected chi connectivity index (χ1v) is 6.71. The van der Waals surface area contributed by atoms with E-state index in [2.05, 4.69) is 0 Å². The Kier molecular flexibility index (Phi) is 4.32. The second-order valence-corrected chi connectivity index (χ2v) is 5.17. The first-order valence-electron chi connectivity index (χ1n) is 6.71. The normalized spacial score (nSPS) is 20.2. The Morgan fingerprint density at radius 3 is 2.58 bits per heavy atom. The number of likely N-dealkylation sites (tertiary alicyclic amines) is 1. The van der Waals surface area contributed by atoms with Crippen molar-refractivity contribution in [1.82, 2.24) is 4.90 Å². The number of hydrogen-bond acceptors (Lipinski definition) is 3. The first kappa shape index (κ1) is 13.7. The van der Waals surface area contributed by atoms with Crippen molar-refractivity contribution in [2.24, 2.45) is 5.73 Å². The van der Waals surface area contributed by atoms with E-state index in [9.17, 15) is 9.59 Å². The van der Waals surface area contributed by atoms with E-state index in [0.717, 1.165) is 31.4 Å². The van der Waals surface area contributed by atoms with Crippen LogP contribution in [0, 0.1) is 6.92 Å². The van der Waals surface area contributed by atoms with E-state index in [1.54, 1.807) is 0 Å². The number of aryl methyl sites for hydroxylation is 1. The molecule has 0 aliphatic carbocycles. The zero-order valence-electron chi connectivity index (χ0n) is 11.3. The third kappa shape index (κ3) is 3.41. The lowest BCUT2D eigenvalue weighted by Gasteiger charge is -2.32. The van der Waals surface area contributed by atoms with E-state index >= 15 is 0 Å². The van der Waals surface area contributed by atoms with Gasteiger partial charge in [0.2, 0.25) is 5.91 Å². The smallest absolute Gasteiger partial charge is 0.234 e. The number of primary amides is 1. The largest absolute Gasteiger partial charge is 0.368 e. The van der Waals surface area contributed by atoms with Crippen LogP contribution < -0.4 is 5.73 Å². The fraction of sp³-hybridized carbons (Fsp3) is 0.467. The Morgan fingerprint density at radius 1 is 1.26 bits per heavy atom. The molecular formula is C15H20N2O2. The zero-order valence-corrected chi connectivity index (χ0v) is 11.3. The van der Waals surface area contributed by atoms with Crippen LogP contribution in [-0.2, 0) is 4.79 Å². The molecule has 0 aromatic heterocycles. The van der Waals surface area contributed by atoms with Gasteiger partial charge < -0.3 is 5.73 Å². The highest BCUT2D eigenvalue weighted by atomic mass is 16.1. The van der Waals surface area contributed by atoms with Crippen LogP contribution in [0.1, 0.15) is 35.2 Å². The number of rotatable bonds is 4. The first-order chi connectivity index (χ1) is 9.08. The summed E-state index contributed by atoms with van der Waals surface area (Å²) in [7, 11) is 0. The maximum Gasteiger partial charge on any atom is 0.234 e. The fourth-order valence-electron chi connectivity index (χ4n) is 2.52. The average molecular weight is 260 g/mol. The molecule has 1 fully saturated rings. The number of nitrogens with two attached hydrogens (primary N) is 1. The van der Waals surface area contributed by atoms with Crippen LogP contribution in [0.2, 0.25) is 0 Å². The van der Waals surface area contributed by atoms with Gasteiger partial charge in [-0.05, 0) is 26.3 Å². The highest BCUT2D eigenvalue weighted by Crippen LogP contribution is 2.17. The minimum absolute atomic E-state index is 0.0492. The predicted octanol–water partition coefficient (Wildman–Crippen LogP) is 1.52. The van der Waals surface area contributed by atoms with Gasteiger partial charge in [-0.2, -0.15) is 0 Å². The second kappa shape index (κ2) is 5.97. The molecule has 4 heteroatoms. The van der Waals surface area contributed by atoms with Crippen molar-refractivity contribution < 1.29 is 9.59 Å². The number of nitrogens with zero attached hydrogens (tertiary/aromatic N) is 1. The van der Waals surface area contributed by atoms with Crippen molar-refractivity contribution in [3.05, 3.63) is 35.4 Å². The molecule has 1 heterocycles. The third-order valence-corrected chi connectivity index (χ3v) is 3.66. The topological polar surface area (TPSA) is 63.4 Å². The molecule has 2 rings (SSSR count). The van der Waals surface area contributed by atoms with Gasteiger partial charge in [0.15, 0.2) is 5.78 Å². The third-order valence-electron chi connectivity index (χ3n) is 3.66. The van der Waals surface area contributed by atoms with E-state index in [-0.39, 0.29) is 24.3 Å². The van der Waals surface area contributed by atoms with Gasteiger partial charge in [0.05, 0.1) is 12.6 Å². The molecule has 1 aromatic carbocycles. The molecule has 0 bridgehead atoms. The Labute approximate surface area is 113 Å². The molecule has 0 spiro atoms. The predicted molar refractivity (Wildman–Crippen MR) is 73.9 cm³/mol. The van der Waals surface area contributed by atoms with Crippen molar-refractivity contribution in [2.45, 2.75) is 32.2 Å². The van der Waals surface area contributed by atoms with Crippen molar-refractivity contribution in [2.75, 3.05) is 13.1 Å². The molecule has 1 amide bonds. The molecule has 19 heavy (non-hydrogen) atoms. The summed E-state index contributed by atoms with van der Waals surface area (Å²) in [5.74, 6) is -0.274. The molecule has 1 unspecified atom stereocenters. The number of carbonyl (C=O) groups excluding carboxylic acids is 2. The van der Waals surface area contributed by atoms with Crippen LogP contribution in [-0.4, -0.2) is 35.7 Å². The van der Waals surface area contributed by atoms with Crippen LogP contribution in [0.5, 0.6) is 0 Å². The van der Waals surface area contributed by atoms with Crippen LogP contribution >= 0.6 is 0 Å². The number of amides is 1. The van der Waals surface area contributed by atoms with Crippen molar-refractivity contribution in [3.8, 4) is 0 Å². The minimum atomic E-state index is -0.323. The monoisotopic (exact) mass is 260 g/mol. The molecule has 2 N–H and O–H groups in total. The van der Waals surface area contributed by atoms with Crippen molar-refractivity contribution >= 4 is 11.7 Å². The number of piperidine rings is 1. The van der Waals surface area contributed by atoms with E-state index in [4.69, 9.17) is 5.73 Å². The van der Waals surface area contributed by atoms with E-state index in [1.807, 2.05) is 36.1 Å². The molecule has 1 aromatic rings. The number of ketones is 1. The van der Waals surface area contributed by atoms with Crippen molar-refractivity contribution in [3.63, 3.8) is 0 Å².